The number of allylic oxidation sites excluding steroid dienone is 1. The van der Waals surface area contributed by atoms with E-state index in [1.165, 1.54) is 6.07 Å². The monoisotopic (exact) mass is 213 g/mol. The standard InChI is InChI=1S/C10H6F3NO/c11-10(12,13)15-9(7-14)6-8-4-2-1-3-5-8/h1-6H. The smallest absolute Gasteiger partial charge is 0.395 e. The van der Waals surface area contributed by atoms with E-state index in [0.717, 1.165) is 6.08 Å². The highest BCUT2D eigenvalue weighted by Crippen LogP contribution is 2.21. The predicted molar refractivity (Wildman–Crippen MR) is 47.2 cm³/mol. The zero-order valence-electron chi connectivity index (χ0n) is 7.45. The van der Waals surface area contributed by atoms with E-state index in [4.69, 9.17) is 5.26 Å². The summed E-state index contributed by atoms with van der Waals surface area (Å²) in [7, 11) is 0. The normalized spacial score (nSPS) is 12.0. The van der Waals surface area contributed by atoms with E-state index in [-0.39, 0.29) is 0 Å². The fourth-order valence-electron chi connectivity index (χ4n) is 0.910. The van der Waals surface area contributed by atoms with Gasteiger partial charge in [0.05, 0.1) is 0 Å². The molecule has 0 saturated carbocycles. The van der Waals surface area contributed by atoms with Gasteiger partial charge in [-0.3, -0.25) is 0 Å². The van der Waals surface area contributed by atoms with Crippen LogP contribution in [-0.2, 0) is 4.74 Å². The molecule has 0 aliphatic heterocycles. The van der Waals surface area contributed by atoms with Gasteiger partial charge in [0, 0.05) is 0 Å². The van der Waals surface area contributed by atoms with Gasteiger partial charge in [-0.05, 0) is 11.6 Å². The lowest BCUT2D eigenvalue weighted by molar-refractivity contribution is -0.302. The van der Waals surface area contributed by atoms with Crippen molar-refractivity contribution in [2.75, 3.05) is 0 Å². The number of nitrogens with zero attached hydrogens (tertiary/aromatic N) is 1. The first kappa shape index (κ1) is 11.1. The minimum Gasteiger partial charge on any atom is -0.395 e. The molecular formula is C10H6F3NO. The van der Waals surface area contributed by atoms with Crippen LogP contribution in [0.3, 0.4) is 0 Å². The predicted octanol–water partition coefficient (Wildman–Crippen LogP) is 3.09. The van der Waals surface area contributed by atoms with E-state index in [1.54, 1.807) is 30.3 Å². The molecule has 0 radical (unpaired) electrons. The number of nitriles is 1. The van der Waals surface area contributed by atoms with E-state index >= 15 is 0 Å². The number of ether oxygens (including phenoxy) is 1. The third kappa shape index (κ3) is 4.18. The Morgan fingerprint density at radius 1 is 1.27 bits per heavy atom. The van der Waals surface area contributed by atoms with Crippen LogP contribution in [0.15, 0.2) is 36.1 Å². The molecule has 0 saturated heterocycles. The molecule has 1 rings (SSSR count). The molecule has 0 N–H and O–H groups in total. The van der Waals surface area contributed by atoms with Gasteiger partial charge in [0.25, 0.3) is 0 Å². The van der Waals surface area contributed by atoms with Crippen LogP contribution in [0.1, 0.15) is 5.56 Å². The Morgan fingerprint density at radius 3 is 2.33 bits per heavy atom. The highest BCUT2D eigenvalue weighted by Gasteiger charge is 2.32. The van der Waals surface area contributed by atoms with E-state index in [1.807, 2.05) is 0 Å². The average molecular weight is 213 g/mol. The second-order valence-electron chi connectivity index (χ2n) is 2.58. The molecule has 1 aromatic carbocycles. The molecule has 1 aromatic rings. The maximum absolute atomic E-state index is 11.8. The van der Waals surface area contributed by atoms with Gasteiger partial charge in [-0.25, -0.2) is 0 Å². The molecular weight excluding hydrogens is 207 g/mol. The lowest BCUT2D eigenvalue weighted by atomic mass is 10.2. The summed E-state index contributed by atoms with van der Waals surface area (Å²) < 4.78 is 38.8. The first-order chi connectivity index (χ1) is 7.01. The quantitative estimate of drug-likeness (QED) is 0.558. The van der Waals surface area contributed by atoms with Crippen LogP contribution < -0.4 is 0 Å². The van der Waals surface area contributed by atoms with Crippen molar-refractivity contribution in [3.05, 3.63) is 41.7 Å². The third-order valence-corrected chi connectivity index (χ3v) is 1.43. The summed E-state index contributed by atoms with van der Waals surface area (Å²) in [4.78, 5) is 0. The van der Waals surface area contributed by atoms with Gasteiger partial charge in [-0.15, -0.1) is 13.2 Å². The Kier molecular flexibility index (Phi) is 3.34. The van der Waals surface area contributed by atoms with E-state index < -0.39 is 12.1 Å². The number of alkyl halides is 3. The van der Waals surface area contributed by atoms with E-state index in [9.17, 15) is 13.2 Å². The van der Waals surface area contributed by atoms with Crippen molar-refractivity contribution in [1.82, 2.24) is 0 Å². The van der Waals surface area contributed by atoms with Crippen molar-refractivity contribution >= 4 is 6.08 Å². The van der Waals surface area contributed by atoms with Crippen LogP contribution in [0.5, 0.6) is 0 Å². The van der Waals surface area contributed by atoms with Gasteiger partial charge in [0.2, 0.25) is 5.76 Å². The van der Waals surface area contributed by atoms with Crippen LogP contribution in [-0.4, -0.2) is 6.36 Å². The van der Waals surface area contributed by atoms with Gasteiger partial charge in [-0.2, -0.15) is 5.26 Å². The fourth-order valence-corrected chi connectivity index (χ4v) is 0.910. The Balaban J connectivity index is 2.85. The van der Waals surface area contributed by atoms with Crippen molar-refractivity contribution < 1.29 is 17.9 Å². The molecule has 2 nitrogen and oxygen atoms in total. The topological polar surface area (TPSA) is 33.0 Å². The molecule has 0 heterocycles. The summed E-state index contributed by atoms with van der Waals surface area (Å²) in [6.45, 7) is 0. The summed E-state index contributed by atoms with van der Waals surface area (Å²) in [5.74, 6) is -0.784. The highest BCUT2D eigenvalue weighted by molar-refractivity contribution is 5.54. The Morgan fingerprint density at radius 2 is 1.87 bits per heavy atom. The molecule has 0 aliphatic carbocycles. The van der Waals surface area contributed by atoms with Crippen LogP contribution in [0.25, 0.3) is 6.08 Å². The average Bonchev–Trinajstić information content (AvgIpc) is 2.16. The molecule has 0 bridgehead atoms. The number of hydrogen-bond acceptors (Lipinski definition) is 2. The first-order valence-corrected chi connectivity index (χ1v) is 3.94. The van der Waals surface area contributed by atoms with Gasteiger partial charge in [0.1, 0.15) is 6.07 Å². The number of benzene rings is 1. The molecule has 0 unspecified atom stereocenters. The van der Waals surface area contributed by atoms with Crippen molar-refractivity contribution in [2.45, 2.75) is 6.36 Å². The zero-order chi connectivity index (χ0) is 11.3. The van der Waals surface area contributed by atoms with Crippen molar-refractivity contribution in [3.63, 3.8) is 0 Å². The van der Waals surface area contributed by atoms with Crippen LogP contribution in [0.2, 0.25) is 0 Å². The minimum absolute atomic E-state index is 0.471. The molecule has 0 spiro atoms. The Bertz CT molecular complexity index is 389. The summed E-state index contributed by atoms with van der Waals surface area (Å²) in [5.41, 5.74) is 0.471. The van der Waals surface area contributed by atoms with E-state index in [0.29, 0.717) is 5.56 Å². The van der Waals surface area contributed by atoms with Crippen molar-refractivity contribution in [3.8, 4) is 6.07 Å². The van der Waals surface area contributed by atoms with Crippen LogP contribution in [0, 0.1) is 11.3 Å². The molecule has 15 heavy (non-hydrogen) atoms. The summed E-state index contributed by atoms with van der Waals surface area (Å²) in [6.07, 6.45) is -3.82. The summed E-state index contributed by atoms with van der Waals surface area (Å²) in [6, 6.07) is 9.47. The number of halogens is 3. The molecule has 0 atom stereocenters. The van der Waals surface area contributed by atoms with Crippen LogP contribution >= 0.6 is 0 Å². The number of rotatable bonds is 2. The van der Waals surface area contributed by atoms with E-state index in [2.05, 4.69) is 4.74 Å². The molecule has 78 valence electrons. The zero-order valence-corrected chi connectivity index (χ0v) is 7.45. The maximum atomic E-state index is 11.8. The van der Waals surface area contributed by atoms with Crippen molar-refractivity contribution in [1.29, 1.82) is 5.26 Å². The Labute approximate surface area is 84.2 Å². The minimum atomic E-state index is -4.84. The largest absolute Gasteiger partial charge is 0.573 e. The van der Waals surface area contributed by atoms with Gasteiger partial charge < -0.3 is 4.74 Å². The fraction of sp³-hybridized carbons (Fsp3) is 0.100. The lowest BCUT2D eigenvalue weighted by Crippen LogP contribution is -2.12. The third-order valence-electron chi connectivity index (χ3n) is 1.43. The second kappa shape index (κ2) is 4.51. The highest BCUT2D eigenvalue weighted by atomic mass is 19.4. The number of hydrogen-bond donors (Lipinski definition) is 0. The second-order valence-corrected chi connectivity index (χ2v) is 2.58. The van der Waals surface area contributed by atoms with Gasteiger partial charge in [-0.1, -0.05) is 30.3 Å². The molecule has 0 aromatic heterocycles. The lowest BCUT2D eigenvalue weighted by Gasteiger charge is -2.06. The first-order valence-electron chi connectivity index (χ1n) is 3.94. The molecule has 5 heteroatoms. The summed E-state index contributed by atoms with van der Waals surface area (Å²) in [5, 5.41) is 8.41. The van der Waals surface area contributed by atoms with Crippen molar-refractivity contribution in [2.24, 2.45) is 0 Å². The maximum Gasteiger partial charge on any atom is 0.573 e. The molecule has 0 aliphatic rings. The van der Waals surface area contributed by atoms with Gasteiger partial charge in [0.15, 0.2) is 0 Å². The Hall–Kier alpha value is -1.96. The van der Waals surface area contributed by atoms with Crippen LogP contribution in [0.4, 0.5) is 13.2 Å². The summed E-state index contributed by atoms with van der Waals surface area (Å²) >= 11 is 0. The molecule has 0 amide bonds. The van der Waals surface area contributed by atoms with Gasteiger partial charge >= 0.3 is 6.36 Å². The molecule has 0 fully saturated rings. The SMILES string of the molecule is N#CC(=Cc1ccccc1)OC(F)(F)F.